The Kier molecular flexibility index (Phi) is 5.04. The van der Waals surface area contributed by atoms with Gasteiger partial charge >= 0.3 is 12.3 Å². The molecule has 10 heteroatoms. The van der Waals surface area contributed by atoms with Crippen molar-refractivity contribution in [2.45, 2.75) is 20.1 Å². The number of aromatic nitrogens is 2. The predicted octanol–water partition coefficient (Wildman–Crippen LogP) is 2.55. The van der Waals surface area contributed by atoms with Crippen molar-refractivity contribution in [1.29, 1.82) is 0 Å². The second-order valence-corrected chi connectivity index (χ2v) is 6.03. The number of rotatable bonds is 5. The third kappa shape index (κ3) is 4.27. The third-order valence-electron chi connectivity index (χ3n) is 3.98. The quantitative estimate of drug-likeness (QED) is 0.620. The molecule has 1 aromatic heterocycles. The summed E-state index contributed by atoms with van der Waals surface area (Å²) in [5, 5.41) is 6.64. The zero-order valence-electron chi connectivity index (χ0n) is 15.3. The highest BCUT2D eigenvalue weighted by atomic mass is 19.3. The van der Waals surface area contributed by atoms with Gasteiger partial charge in [-0.3, -0.25) is 9.48 Å². The first kappa shape index (κ1) is 19.3. The van der Waals surface area contributed by atoms with Gasteiger partial charge in [0.1, 0.15) is 0 Å². The number of nitrogens with one attached hydrogen (secondary N) is 1. The number of esters is 1. The molecule has 0 unspecified atom stereocenters. The van der Waals surface area contributed by atoms with Gasteiger partial charge in [-0.15, -0.1) is 8.78 Å². The van der Waals surface area contributed by atoms with Gasteiger partial charge in [0.05, 0.1) is 5.69 Å². The summed E-state index contributed by atoms with van der Waals surface area (Å²) in [4.78, 5) is 23.7. The Balaban J connectivity index is 1.52. The van der Waals surface area contributed by atoms with Crippen LogP contribution in [0, 0.1) is 13.8 Å². The van der Waals surface area contributed by atoms with Crippen LogP contribution in [0.25, 0.3) is 6.08 Å². The average molecular weight is 393 g/mol. The number of alkyl halides is 2. The first-order valence-electron chi connectivity index (χ1n) is 8.19. The minimum atomic E-state index is -3.74. The number of carbonyl (C=O) groups is 2. The summed E-state index contributed by atoms with van der Waals surface area (Å²) in [7, 11) is 1.79. The molecule has 0 spiro atoms. The number of benzene rings is 1. The number of carbonyl (C=O) groups excluding carboxylic acids is 2. The maximum absolute atomic E-state index is 13.0. The van der Waals surface area contributed by atoms with E-state index >= 15 is 0 Å². The second-order valence-electron chi connectivity index (χ2n) is 6.03. The van der Waals surface area contributed by atoms with E-state index in [9.17, 15) is 18.4 Å². The lowest BCUT2D eigenvalue weighted by Gasteiger charge is -2.06. The summed E-state index contributed by atoms with van der Waals surface area (Å²) in [6.07, 6.45) is -0.972. The van der Waals surface area contributed by atoms with Crippen LogP contribution in [0.4, 0.5) is 14.5 Å². The molecular weight excluding hydrogens is 376 g/mol. The lowest BCUT2D eigenvalue weighted by Crippen LogP contribution is -2.25. The molecule has 1 aromatic carbocycles. The number of halogens is 2. The molecule has 0 fully saturated rings. The SMILES string of the molecule is Cc1nn(C)c(C)c1/C=C/C(=O)OCC(=O)Nc1ccc2c(c1)OC(F)(F)O2. The summed E-state index contributed by atoms with van der Waals surface area (Å²) >= 11 is 0. The van der Waals surface area contributed by atoms with Gasteiger partial charge in [-0.25, -0.2) is 4.79 Å². The summed E-state index contributed by atoms with van der Waals surface area (Å²) in [5.74, 6) is -1.69. The molecular formula is C18H17F2N3O5. The number of ether oxygens (including phenoxy) is 3. The van der Waals surface area contributed by atoms with Crippen molar-refractivity contribution in [2.75, 3.05) is 11.9 Å². The summed E-state index contributed by atoms with van der Waals surface area (Å²) in [6, 6.07) is 3.78. The van der Waals surface area contributed by atoms with Crippen LogP contribution in [0.3, 0.4) is 0 Å². The highest BCUT2D eigenvalue weighted by Gasteiger charge is 2.43. The van der Waals surface area contributed by atoms with Gasteiger partial charge in [0.2, 0.25) is 0 Å². The Morgan fingerprint density at radius 3 is 2.68 bits per heavy atom. The van der Waals surface area contributed by atoms with E-state index in [1.165, 1.54) is 24.3 Å². The van der Waals surface area contributed by atoms with Gasteiger partial charge in [0, 0.05) is 36.1 Å². The normalized spacial score (nSPS) is 14.3. The fourth-order valence-corrected chi connectivity index (χ4v) is 2.59. The van der Waals surface area contributed by atoms with Gasteiger partial charge in [-0.1, -0.05) is 0 Å². The molecule has 3 rings (SSSR count). The van der Waals surface area contributed by atoms with E-state index in [1.54, 1.807) is 17.8 Å². The van der Waals surface area contributed by atoms with Crippen molar-refractivity contribution in [3.05, 3.63) is 41.2 Å². The first-order valence-corrected chi connectivity index (χ1v) is 8.19. The van der Waals surface area contributed by atoms with Gasteiger partial charge in [0.25, 0.3) is 5.91 Å². The van der Waals surface area contributed by atoms with Gasteiger partial charge in [0.15, 0.2) is 18.1 Å². The molecule has 0 atom stereocenters. The van der Waals surface area contributed by atoms with Crippen LogP contribution in [-0.2, 0) is 21.4 Å². The zero-order chi connectivity index (χ0) is 20.5. The third-order valence-corrected chi connectivity index (χ3v) is 3.98. The number of hydrogen-bond donors (Lipinski definition) is 1. The molecule has 0 saturated heterocycles. The molecule has 1 amide bonds. The molecule has 1 N–H and O–H groups in total. The fraction of sp³-hybridized carbons (Fsp3) is 0.278. The topological polar surface area (TPSA) is 91.7 Å². The minimum Gasteiger partial charge on any atom is -0.452 e. The maximum atomic E-state index is 13.0. The van der Waals surface area contributed by atoms with Gasteiger partial charge < -0.3 is 19.5 Å². The predicted molar refractivity (Wildman–Crippen MR) is 93.9 cm³/mol. The van der Waals surface area contributed by atoms with E-state index in [2.05, 4.69) is 19.9 Å². The van der Waals surface area contributed by atoms with Crippen LogP contribution in [0.15, 0.2) is 24.3 Å². The highest BCUT2D eigenvalue weighted by molar-refractivity contribution is 5.95. The Morgan fingerprint density at radius 1 is 1.29 bits per heavy atom. The largest absolute Gasteiger partial charge is 0.586 e. The van der Waals surface area contributed by atoms with Crippen molar-refractivity contribution < 1.29 is 32.6 Å². The Labute approximate surface area is 158 Å². The summed E-state index contributed by atoms with van der Waals surface area (Å²) < 4.78 is 41.1. The number of anilines is 1. The first-order chi connectivity index (χ1) is 13.1. The molecule has 0 radical (unpaired) electrons. The number of nitrogens with zero attached hydrogens (tertiary/aromatic N) is 2. The monoisotopic (exact) mass is 393 g/mol. The van der Waals surface area contributed by atoms with E-state index in [1.807, 2.05) is 13.8 Å². The van der Waals surface area contributed by atoms with Crippen LogP contribution >= 0.6 is 0 Å². The number of hydrogen-bond acceptors (Lipinski definition) is 6. The van der Waals surface area contributed by atoms with Crippen molar-refractivity contribution >= 4 is 23.6 Å². The van der Waals surface area contributed by atoms with Crippen LogP contribution in [0.2, 0.25) is 0 Å². The average Bonchev–Trinajstić information content (AvgIpc) is 3.04. The van der Waals surface area contributed by atoms with Crippen molar-refractivity contribution in [3.63, 3.8) is 0 Å². The van der Waals surface area contributed by atoms with E-state index in [-0.39, 0.29) is 17.2 Å². The minimum absolute atomic E-state index is 0.138. The zero-order valence-corrected chi connectivity index (χ0v) is 15.3. The van der Waals surface area contributed by atoms with Crippen molar-refractivity contribution in [2.24, 2.45) is 7.05 Å². The second kappa shape index (κ2) is 7.29. The number of fused-ring (bicyclic) bond motifs is 1. The molecule has 2 heterocycles. The lowest BCUT2D eigenvalue weighted by atomic mass is 10.2. The lowest BCUT2D eigenvalue weighted by molar-refractivity contribution is -0.286. The van der Waals surface area contributed by atoms with E-state index in [0.717, 1.165) is 17.0 Å². The molecule has 2 aromatic rings. The van der Waals surface area contributed by atoms with E-state index in [4.69, 9.17) is 4.74 Å². The Morgan fingerprint density at radius 2 is 2.00 bits per heavy atom. The van der Waals surface area contributed by atoms with Crippen LogP contribution in [0.5, 0.6) is 11.5 Å². The molecule has 0 bridgehead atoms. The maximum Gasteiger partial charge on any atom is 0.586 e. The fourth-order valence-electron chi connectivity index (χ4n) is 2.59. The number of amides is 1. The molecule has 8 nitrogen and oxygen atoms in total. The number of aryl methyl sites for hydroxylation is 2. The Hall–Kier alpha value is -3.43. The summed E-state index contributed by atoms with van der Waals surface area (Å²) in [6.45, 7) is 3.13. The molecule has 0 saturated carbocycles. The molecule has 0 aliphatic carbocycles. The molecule has 1 aliphatic rings. The van der Waals surface area contributed by atoms with Crippen molar-refractivity contribution in [1.82, 2.24) is 9.78 Å². The van der Waals surface area contributed by atoms with Crippen molar-refractivity contribution in [3.8, 4) is 11.5 Å². The van der Waals surface area contributed by atoms with E-state index < -0.39 is 24.8 Å². The summed E-state index contributed by atoms with van der Waals surface area (Å²) in [5.41, 5.74) is 2.63. The van der Waals surface area contributed by atoms with Crippen LogP contribution in [0.1, 0.15) is 17.0 Å². The standard InChI is InChI=1S/C18H17F2N3O5/c1-10-13(11(2)23(3)22-10)5-7-17(25)26-9-16(24)21-12-4-6-14-15(8-12)28-18(19,20)27-14/h4-8H,9H2,1-3H3,(H,21,24)/b7-5+. The molecule has 148 valence electrons. The van der Waals surface area contributed by atoms with Crippen LogP contribution in [-0.4, -0.2) is 34.6 Å². The molecule has 1 aliphatic heterocycles. The van der Waals surface area contributed by atoms with Gasteiger partial charge in [-0.05, 0) is 32.1 Å². The molecule has 28 heavy (non-hydrogen) atoms. The smallest absolute Gasteiger partial charge is 0.452 e. The Bertz CT molecular complexity index is 968. The highest BCUT2D eigenvalue weighted by Crippen LogP contribution is 2.42. The van der Waals surface area contributed by atoms with Gasteiger partial charge in [-0.2, -0.15) is 5.10 Å². The van der Waals surface area contributed by atoms with E-state index in [0.29, 0.717) is 0 Å². The van der Waals surface area contributed by atoms with Crippen LogP contribution < -0.4 is 14.8 Å².